The molecule has 4 aliphatic rings. The van der Waals surface area contributed by atoms with Crippen LogP contribution in [0.5, 0.6) is 5.75 Å². The zero-order valence-electron chi connectivity index (χ0n) is 18.5. The van der Waals surface area contributed by atoms with Crippen LogP contribution in [0, 0.1) is 32.8 Å². The van der Waals surface area contributed by atoms with Crippen molar-refractivity contribution in [3.63, 3.8) is 0 Å². The summed E-state index contributed by atoms with van der Waals surface area (Å²) in [4.78, 5) is 36.9. The van der Waals surface area contributed by atoms with E-state index in [4.69, 9.17) is 16.3 Å². The Bertz CT molecular complexity index is 1090. The molecule has 0 radical (unpaired) electrons. The molecule has 2 aliphatic carbocycles. The van der Waals surface area contributed by atoms with Crippen molar-refractivity contribution in [3.05, 3.63) is 32.9 Å². The lowest BCUT2D eigenvalue weighted by Crippen LogP contribution is -2.71. The van der Waals surface area contributed by atoms with E-state index in [0.717, 1.165) is 12.8 Å². The summed E-state index contributed by atoms with van der Waals surface area (Å²) in [5.74, 6) is -0.370. The van der Waals surface area contributed by atoms with Crippen LogP contribution in [0.15, 0.2) is 6.07 Å². The van der Waals surface area contributed by atoms with Crippen molar-refractivity contribution in [2.24, 2.45) is 22.7 Å². The minimum atomic E-state index is -1.31. The largest absolute Gasteiger partial charge is 0.485 e. The molecule has 6 atom stereocenters. The summed E-state index contributed by atoms with van der Waals surface area (Å²) in [7, 11) is 0. The molecule has 8 nitrogen and oxygen atoms in total. The van der Waals surface area contributed by atoms with E-state index in [2.05, 4.69) is 19.2 Å². The van der Waals surface area contributed by atoms with Crippen LogP contribution in [0.2, 0.25) is 0 Å². The summed E-state index contributed by atoms with van der Waals surface area (Å²) in [6.07, 6.45) is 0.963. The number of carbonyl (C=O) groups excluding carboxylic acids is 2. The monoisotopic (exact) mass is 462 g/mol. The van der Waals surface area contributed by atoms with E-state index >= 15 is 0 Å². The van der Waals surface area contributed by atoms with E-state index < -0.39 is 38.9 Å². The van der Waals surface area contributed by atoms with Crippen molar-refractivity contribution < 1.29 is 24.4 Å². The molecular formula is C23H27ClN2O6. The van der Waals surface area contributed by atoms with E-state index in [-0.39, 0.29) is 46.6 Å². The molecule has 2 unspecified atom stereocenters. The molecule has 1 spiro atoms. The van der Waals surface area contributed by atoms with Gasteiger partial charge >= 0.3 is 0 Å². The number of ketones is 1. The molecule has 2 heterocycles. The van der Waals surface area contributed by atoms with Gasteiger partial charge in [0.05, 0.1) is 27.0 Å². The number of nitrogens with zero attached hydrogens (tertiary/aromatic N) is 1. The van der Waals surface area contributed by atoms with Gasteiger partial charge in [-0.15, -0.1) is 11.6 Å². The second kappa shape index (κ2) is 6.44. The number of ether oxygens (including phenoxy) is 1. The van der Waals surface area contributed by atoms with Gasteiger partial charge in [-0.2, -0.15) is 0 Å². The van der Waals surface area contributed by atoms with Crippen LogP contribution in [0.1, 0.15) is 74.7 Å². The number of rotatable bonds is 1. The van der Waals surface area contributed by atoms with Crippen LogP contribution in [-0.4, -0.2) is 32.7 Å². The molecule has 0 saturated heterocycles. The fraction of sp³-hybridized carbons (Fsp3) is 0.652. The summed E-state index contributed by atoms with van der Waals surface area (Å²) < 4.78 is 6.81. The average Bonchev–Trinajstić information content (AvgIpc) is 2.99. The predicted octanol–water partition coefficient (Wildman–Crippen LogP) is 3.66. The molecule has 2 aliphatic heterocycles. The summed E-state index contributed by atoms with van der Waals surface area (Å²) >= 11 is 6.62. The van der Waals surface area contributed by atoms with Gasteiger partial charge in [0.2, 0.25) is 0 Å². The van der Waals surface area contributed by atoms with Crippen molar-refractivity contribution in [2.45, 2.75) is 70.6 Å². The Morgan fingerprint density at radius 3 is 2.62 bits per heavy atom. The Morgan fingerprint density at radius 1 is 1.28 bits per heavy atom. The number of nitrogens with one attached hydrogen (secondary N) is 1. The minimum Gasteiger partial charge on any atom is -0.485 e. The Hall–Kier alpha value is -2.19. The second-order valence-corrected chi connectivity index (χ2v) is 11.2. The third kappa shape index (κ3) is 2.42. The molecule has 172 valence electrons. The summed E-state index contributed by atoms with van der Waals surface area (Å²) in [6.45, 7) is 8.02. The van der Waals surface area contributed by atoms with E-state index in [0.29, 0.717) is 12.0 Å². The molecule has 2 N–H and O–H groups in total. The number of alkyl halides is 1. The van der Waals surface area contributed by atoms with Crippen molar-refractivity contribution in [1.29, 1.82) is 0 Å². The van der Waals surface area contributed by atoms with Gasteiger partial charge in [0.1, 0.15) is 11.4 Å². The average molecular weight is 463 g/mol. The number of benzene rings is 1. The van der Waals surface area contributed by atoms with Crippen molar-refractivity contribution in [2.75, 3.05) is 0 Å². The fourth-order valence-electron chi connectivity index (χ4n) is 7.03. The lowest BCUT2D eigenvalue weighted by atomic mass is 9.44. The maximum atomic E-state index is 13.1. The Kier molecular flexibility index (Phi) is 4.36. The third-order valence-electron chi connectivity index (χ3n) is 8.99. The first-order chi connectivity index (χ1) is 14.8. The predicted molar refractivity (Wildman–Crippen MR) is 116 cm³/mol. The second-order valence-electron chi connectivity index (χ2n) is 10.7. The molecule has 1 amide bonds. The van der Waals surface area contributed by atoms with E-state index in [1.807, 2.05) is 13.8 Å². The highest BCUT2D eigenvalue weighted by Crippen LogP contribution is 2.66. The molecule has 9 heteroatoms. The van der Waals surface area contributed by atoms with Gasteiger partial charge in [-0.25, -0.2) is 0 Å². The van der Waals surface area contributed by atoms with Gasteiger partial charge < -0.3 is 15.2 Å². The molecule has 2 fully saturated rings. The first-order valence-corrected chi connectivity index (χ1v) is 11.5. The van der Waals surface area contributed by atoms with E-state index in [9.17, 15) is 24.8 Å². The van der Waals surface area contributed by atoms with Gasteiger partial charge in [0.15, 0.2) is 12.0 Å². The quantitative estimate of drug-likeness (QED) is 0.373. The number of halogens is 1. The van der Waals surface area contributed by atoms with Crippen LogP contribution < -0.4 is 10.1 Å². The number of aliphatic hydroxyl groups excluding tert-OH is 1. The summed E-state index contributed by atoms with van der Waals surface area (Å²) in [5, 5.41) is 24.2. The third-order valence-corrected chi connectivity index (χ3v) is 9.34. The van der Waals surface area contributed by atoms with Crippen LogP contribution in [0.4, 0.5) is 5.69 Å². The van der Waals surface area contributed by atoms with Crippen LogP contribution in [-0.2, 0) is 11.2 Å². The van der Waals surface area contributed by atoms with E-state index in [1.54, 1.807) is 0 Å². The lowest BCUT2D eigenvalue weighted by Gasteiger charge is -2.66. The Balaban J connectivity index is 1.81. The first-order valence-electron chi connectivity index (χ1n) is 11.1. The van der Waals surface area contributed by atoms with Crippen LogP contribution in [0.3, 0.4) is 0 Å². The number of hydrogen-bond acceptors (Lipinski definition) is 6. The Labute approximate surface area is 190 Å². The van der Waals surface area contributed by atoms with Crippen LogP contribution in [0.25, 0.3) is 0 Å². The topological polar surface area (TPSA) is 119 Å². The molecular weight excluding hydrogens is 436 g/mol. The van der Waals surface area contributed by atoms with Crippen LogP contribution >= 0.6 is 11.6 Å². The zero-order chi connectivity index (χ0) is 23.4. The standard InChI is InChI=1S/C23H27ClN2O6/c1-10-5-6-15-21(2,3)18(27)13(24)9-23(15)22(10,4)8-12-14(26(30)31)7-11-16(17(12)32-23)20(29)25-19(11)28/h7,10,13,15,20,29H,5-6,8-9H2,1-4H3,(H,25,28)/t10-,13?,15-,20?,22+,23-/m0/s1. The molecule has 2 saturated carbocycles. The number of Topliss-reactive ketones (excluding diaryl/α,β-unsaturated/α-hetero) is 1. The maximum Gasteiger partial charge on any atom is 0.277 e. The number of amides is 1. The van der Waals surface area contributed by atoms with Crippen molar-refractivity contribution in [3.8, 4) is 5.75 Å². The number of nitro benzene ring substituents is 1. The van der Waals surface area contributed by atoms with Gasteiger partial charge in [0.25, 0.3) is 11.6 Å². The normalized spacial score (nSPS) is 39.2. The van der Waals surface area contributed by atoms with Gasteiger partial charge in [-0.3, -0.25) is 19.7 Å². The smallest absolute Gasteiger partial charge is 0.277 e. The van der Waals surface area contributed by atoms with E-state index in [1.165, 1.54) is 6.07 Å². The molecule has 32 heavy (non-hydrogen) atoms. The number of fused-ring (bicyclic) bond motifs is 3. The number of nitro groups is 1. The van der Waals surface area contributed by atoms with Crippen molar-refractivity contribution in [1.82, 2.24) is 5.32 Å². The highest BCUT2D eigenvalue weighted by Gasteiger charge is 2.70. The fourth-order valence-corrected chi connectivity index (χ4v) is 7.54. The molecule has 1 aromatic carbocycles. The minimum absolute atomic E-state index is 0.0118. The molecule has 5 rings (SSSR count). The van der Waals surface area contributed by atoms with Crippen molar-refractivity contribution >= 4 is 29.0 Å². The van der Waals surface area contributed by atoms with Gasteiger partial charge in [0, 0.05) is 29.2 Å². The lowest BCUT2D eigenvalue weighted by molar-refractivity contribution is -0.386. The summed E-state index contributed by atoms with van der Waals surface area (Å²) in [5.41, 5.74) is -1.60. The van der Waals surface area contributed by atoms with Gasteiger partial charge in [-0.05, 0) is 25.2 Å². The first kappa shape index (κ1) is 21.6. The zero-order valence-corrected chi connectivity index (χ0v) is 19.3. The molecule has 0 aromatic heterocycles. The number of carbonyl (C=O) groups is 2. The molecule has 0 bridgehead atoms. The number of hydrogen-bond donors (Lipinski definition) is 2. The van der Waals surface area contributed by atoms with Gasteiger partial charge in [-0.1, -0.05) is 27.7 Å². The summed E-state index contributed by atoms with van der Waals surface area (Å²) in [6, 6.07) is 1.24. The maximum absolute atomic E-state index is 13.1. The SMILES string of the molecule is C[C@H]1CC[C@H]2C(C)(C)C(=O)C(Cl)C[C@]23Oc2c(c([N+](=O)[O-])cc4c2C(O)NC4=O)C[C@]13C. The number of aliphatic hydroxyl groups is 1. The molecule has 1 aromatic rings. The highest BCUT2D eigenvalue weighted by molar-refractivity contribution is 6.32. The Morgan fingerprint density at radius 2 is 1.97 bits per heavy atom. The highest BCUT2D eigenvalue weighted by atomic mass is 35.5.